The summed E-state index contributed by atoms with van der Waals surface area (Å²) in [5.41, 5.74) is 3.34. The Morgan fingerprint density at radius 1 is 1.07 bits per heavy atom. The van der Waals surface area contributed by atoms with E-state index in [1.807, 2.05) is 44.2 Å². The van der Waals surface area contributed by atoms with Crippen LogP contribution in [-0.4, -0.2) is 26.3 Å². The van der Waals surface area contributed by atoms with E-state index in [2.05, 4.69) is 10.4 Å². The number of fused-ring (bicyclic) bond motifs is 1. The molecule has 2 heterocycles. The van der Waals surface area contributed by atoms with E-state index in [9.17, 15) is 9.59 Å². The lowest BCUT2D eigenvalue weighted by Gasteiger charge is -2.16. The Balaban J connectivity index is 1.59. The van der Waals surface area contributed by atoms with Gasteiger partial charge >= 0.3 is 0 Å². The Labute approximate surface area is 170 Å². The van der Waals surface area contributed by atoms with E-state index < -0.39 is 0 Å². The number of nitrogens with one attached hydrogen (secondary N) is 1. The molecule has 0 aliphatic heterocycles. The number of aryl methyl sites for hydroxylation is 2. The highest BCUT2D eigenvalue weighted by Crippen LogP contribution is 2.20. The summed E-state index contributed by atoms with van der Waals surface area (Å²) < 4.78 is 3.28. The Hall–Kier alpha value is -2.89. The molecule has 29 heavy (non-hydrogen) atoms. The first-order valence-corrected chi connectivity index (χ1v) is 10.5. The number of rotatable bonds is 4. The van der Waals surface area contributed by atoms with E-state index >= 15 is 0 Å². The van der Waals surface area contributed by atoms with E-state index in [0.29, 0.717) is 11.1 Å². The summed E-state index contributed by atoms with van der Waals surface area (Å²) >= 11 is 0. The number of benzene rings is 1. The zero-order valence-corrected chi connectivity index (χ0v) is 17.1. The van der Waals surface area contributed by atoms with Crippen molar-refractivity contribution in [3.05, 3.63) is 58.1 Å². The molecule has 3 aromatic rings. The Morgan fingerprint density at radius 3 is 2.45 bits per heavy atom. The Morgan fingerprint density at radius 2 is 1.76 bits per heavy atom. The van der Waals surface area contributed by atoms with Crippen molar-refractivity contribution >= 4 is 16.8 Å². The summed E-state index contributed by atoms with van der Waals surface area (Å²) in [5, 5.41) is 8.26. The van der Waals surface area contributed by atoms with Crippen LogP contribution in [0, 0.1) is 13.8 Å². The predicted molar refractivity (Wildman–Crippen MR) is 114 cm³/mol. The molecule has 0 radical (unpaired) electrons. The van der Waals surface area contributed by atoms with Gasteiger partial charge in [-0.2, -0.15) is 5.10 Å². The van der Waals surface area contributed by atoms with Gasteiger partial charge in [0.1, 0.15) is 6.54 Å². The zero-order valence-electron chi connectivity index (χ0n) is 17.1. The minimum absolute atomic E-state index is 0.0421. The van der Waals surface area contributed by atoms with Crippen molar-refractivity contribution in [1.29, 1.82) is 0 Å². The first-order chi connectivity index (χ1) is 14.0. The van der Waals surface area contributed by atoms with Crippen LogP contribution in [0.1, 0.15) is 49.8 Å². The van der Waals surface area contributed by atoms with Gasteiger partial charge in [0.05, 0.1) is 22.3 Å². The van der Waals surface area contributed by atoms with Gasteiger partial charge in [-0.1, -0.05) is 43.4 Å². The average molecular weight is 393 g/mol. The highest BCUT2D eigenvalue weighted by atomic mass is 16.2. The SMILES string of the molecule is Cc1ccc(-n2nc(C)c3c(=O)n(CC(=O)NC4CCCCCC4)ccc32)cc1. The van der Waals surface area contributed by atoms with Crippen LogP contribution >= 0.6 is 0 Å². The number of carbonyl (C=O) groups excluding carboxylic acids is 1. The molecule has 152 valence electrons. The maximum Gasteiger partial charge on any atom is 0.262 e. The topological polar surface area (TPSA) is 68.9 Å². The lowest BCUT2D eigenvalue weighted by Crippen LogP contribution is -2.38. The van der Waals surface area contributed by atoms with Crippen LogP contribution in [-0.2, 0) is 11.3 Å². The van der Waals surface area contributed by atoms with Gasteiger partial charge in [-0.25, -0.2) is 4.68 Å². The monoisotopic (exact) mass is 392 g/mol. The van der Waals surface area contributed by atoms with Crippen molar-refractivity contribution in [1.82, 2.24) is 19.7 Å². The fourth-order valence-corrected chi connectivity index (χ4v) is 4.19. The van der Waals surface area contributed by atoms with Crippen molar-refractivity contribution in [2.45, 2.75) is 65.0 Å². The van der Waals surface area contributed by atoms with Gasteiger partial charge in [0, 0.05) is 12.2 Å². The standard InChI is InChI=1S/C23H28N4O2/c1-16-9-11-19(12-10-16)27-20-13-14-26(23(29)22(20)17(2)25-27)15-21(28)24-18-7-5-3-4-6-8-18/h9-14,18H,3-8,15H2,1-2H3,(H,24,28). The number of pyridine rings is 1. The summed E-state index contributed by atoms with van der Waals surface area (Å²) in [6.07, 6.45) is 8.56. The third-order valence-electron chi connectivity index (χ3n) is 5.80. The lowest BCUT2D eigenvalue weighted by molar-refractivity contribution is -0.122. The number of hydrogen-bond acceptors (Lipinski definition) is 3. The Bertz CT molecular complexity index is 1070. The average Bonchev–Trinajstić information content (AvgIpc) is 2.86. The third-order valence-corrected chi connectivity index (χ3v) is 5.80. The molecule has 1 fully saturated rings. The minimum atomic E-state index is -0.172. The molecule has 4 rings (SSSR count). The van der Waals surface area contributed by atoms with E-state index in [1.54, 1.807) is 10.9 Å². The number of aromatic nitrogens is 3. The molecule has 1 saturated carbocycles. The molecule has 1 aliphatic rings. The molecule has 2 aromatic heterocycles. The lowest BCUT2D eigenvalue weighted by atomic mass is 10.1. The van der Waals surface area contributed by atoms with Crippen LogP contribution in [0.4, 0.5) is 0 Å². The number of carbonyl (C=O) groups is 1. The van der Waals surface area contributed by atoms with Gasteiger partial charge in [-0.05, 0) is 44.9 Å². The molecule has 0 unspecified atom stereocenters. The molecule has 6 heteroatoms. The number of hydrogen-bond donors (Lipinski definition) is 1. The molecule has 0 saturated heterocycles. The molecular weight excluding hydrogens is 364 g/mol. The molecule has 6 nitrogen and oxygen atoms in total. The molecule has 1 aliphatic carbocycles. The van der Waals surface area contributed by atoms with Crippen LogP contribution < -0.4 is 10.9 Å². The van der Waals surface area contributed by atoms with E-state index in [0.717, 1.165) is 36.9 Å². The molecule has 1 amide bonds. The smallest absolute Gasteiger partial charge is 0.262 e. The first-order valence-electron chi connectivity index (χ1n) is 10.5. The van der Waals surface area contributed by atoms with E-state index in [4.69, 9.17) is 0 Å². The van der Waals surface area contributed by atoms with Gasteiger partial charge in [0.2, 0.25) is 5.91 Å². The Kier molecular flexibility index (Phi) is 5.51. The van der Waals surface area contributed by atoms with Crippen molar-refractivity contribution in [3.63, 3.8) is 0 Å². The van der Waals surface area contributed by atoms with E-state index in [-0.39, 0.29) is 24.1 Å². The summed E-state index contributed by atoms with van der Waals surface area (Å²) in [5.74, 6) is -0.0954. The van der Waals surface area contributed by atoms with Crippen LogP contribution in [0.15, 0.2) is 41.3 Å². The van der Waals surface area contributed by atoms with Crippen molar-refractivity contribution in [2.24, 2.45) is 0 Å². The molecule has 0 bridgehead atoms. The maximum atomic E-state index is 13.1. The number of nitrogens with zero attached hydrogens (tertiary/aromatic N) is 3. The second-order valence-electron chi connectivity index (χ2n) is 8.10. The summed E-state index contributed by atoms with van der Waals surface area (Å²) in [6, 6.07) is 10.1. The third kappa shape index (κ3) is 4.11. The second-order valence-corrected chi connectivity index (χ2v) is 8.10. The molecule has 0 atom stereocenters. The summed E-state index contributed by atoms with van der Waals surface area (Å²) in [6.45, 7) is 3.92. The zero-order chi connectivity index (χ0) is 20.4. The van der Waals surface area contributed by atoms with Crippen LogP contribution in [0.5, 0.6) is 0 Å². The van der Waals surface area contributed by atoms with Gasteiger partial charge in [-0.15, -0.1) is 0 Å². The molecule has 1 N–H and O–H groups in total. The molecule has 1 aromatic carbocycles. The first kappa shape index (κ1) is 19.4. The maximum absolute atomic E-state index is 13.1. The van der Waals surface area contributed by atoms with Gasteiger partial charge in [0.25, 0.3) is 5.56 Å². The minimum Gasteiger partial charge on any atom is -0.352 e. The van der Waals surface area contributed by atoms with E-state index in [1.165, 1.54) is 23.0 Å². The van der Waals surface area contributed by atoms with Crippen molar-refractivity contribution in [3.8, 4) is 5.69 Å². The fraction of sp³-hybridized carbons (Fsp3) is 0.435. The molecular formula is C23H28N4O2. The summed E-state index contributed by atoms with van der Waals surface area (Å²) in [7, 11) is 0. The van der Waals surface area contributed by atoms with Gasteiger partial charge in [0.15, 0.2) is 0 Å². The largest absolute Gasteiger partial charge is 0.352 e. The normalized spacial score (nSPS) is 15.4. The van der Waals surface area contributed by atoms with Gasteiger partial charge in [-0.3, -0.25) is 9.59 Å². The quantitative estimate of drug-likeness (QED) is 0.689. The fourth-order valence-electron chi connectivity index (χ4n) is 4.19. The highest BCUT2D eigenvalue weighted by molar-refractivity contribution is 5.83. The van der Waals surface area contributed by atoms with Gasteiger partial charge < -0.3 is 9.88 Å². The van der Waals surface area contributed by atoms with Crippen LogP contribution in [0.2, 0.25) is 0 Å². The summed E-state index contributed by atoms with van der Waals surface area (Å²) in [4.78, 5) is 25.6. The molecule has 0 spiro atoms. The number of amides is 1. The predicted octanol–water partition coefficient (Wildman–Crippen LogP) is 3.64. The van der Waals surface area contributed by atoms with Crippen molar-refractivity contribution in [2.75, 3.05) is 0 Å². The highest BCUT2D eigenvalue weighted by Gasteiger charge is 2.18. The van der Waals surface area contributed by atoms with Crippen LogP contribution in [0.25, 0.3) is 16.6 Å². The van der Waals surface area contributed by atoms with Crippen molar-refractivity contribution < 1.29 is 4.79 Å². The second kappa shape index (κ2) is 8.23. The van der Waals surface area contributed by atoms with Crippen LogP contribution in [0.3, 0.4) is 0 Å².